The number of likely N-dealkylation sites (tertiary alicyclic amines) is 2. The molecular formula is C27H32F3N5O2S. The molecule has 2 aliphatic heterocycles. The van der Waals surface area contributed by atoms with Crippen LogP contribution in [-0.4, -0.2) is 67.4 Å². The molecule has 2 aromatic rings. The van der Waals surface area contributed by atoms with Crippen molar-refractivity contribution in [3.05, 3.63) is 42.0 Å². The van der Waals surface area contributed by atoms with Gasteiger partial charge >= 0.3 is 11.5 Å². The highest BCUT2D eigenvalue weighted by Gasteiger charge is 2.57. The second-order valence-electron chi connectivity index (χ2n) is 12.6. The molecule has 0 radical (unpaired) electrons. The third-order valence-corrected chi connectivity index (χ3v) is 10.2. The first-order chi connectivity index (χ1) is 18.0. The average Bonchev–Trinajstić information content (AvgIpc) is 3.17. The van der Waals surface area contributed by atoms with E-state index in [1.54, 1.807) is 18.5 Å². The van der Waals surface area contributed by atoms with E-state index in [4.69, 9.17) is 0 Å². The van der Waals surface area contributed by atoms with Gasteiger partial charge in [-0.15, -0.1) is 0 Å². The highest BCUT2D eigenvalue weighted by Crippen LogP contribution is 2.55. The van der Waals surface area contributed by atoms with Gasteiger partial charge in [-0.3, -0.25) is 0 Å². The molecule has 1 atom stereocenters. The maximum absolute atomic E-state index is 13.1. The largest absolute Gasteiger partial charge is 0.446 e. The van der Waals surface area contributed by atoms with Crippen LogP contribution in [0.2, 0.25) is 0 Å². The van der Waals surface area contributed by atoms with Gasteiger partial charge in [0.25, 0.3) is 0 Å². The average molecular weight is 548 g/mol. The van der Waals surface area contributed by atoms with E-state index in [-0.39, 0.29) is 33.5 Å². The summed E-state index contributed by atoms with van der Waals surface area (Å²) < 4.78 is 40.1. The second kappa shape index (κ2) is 8.36. The first-order valence-electron chi connectivity index (χ1n) is 13.5. The smallest absolute Gasteiger partial charge is 0.382 e. The van der Waals surface area contributed by atoms with Gasteiger partial charge in [-0.25, -0.2) is 14.5 Å². The first kappa shape index (κ1) is 24.7. The Hall–Kier alpha value is -2.27. The molecule has 2 saturated heterocycles. The van der Waals surface area contributed by atoms with Crippen LogP contribution in [0.15, 0.2) is 35.5 Å². The van der Waals surface area contributed by atoms with Crippen LogP contribution in [0.5, 0.6) is 0 Å². The number of benzene rings is 1. The zero-order valence-corrected chi connectivity index (χ0v) is 22.0. The molecule has 3 heterocycles. The predicted octanol–water partition coefficient (Wildman–Crippen LogP) is 4.97. The number of carbonyl (C=O) groups excluding carboxylic acids is 1. The molecule has 7 rings (SSSR count). The van der Waals surface area contributed by atoms with Crippen molar-refractivity contribution in [2.45, 2.75) is 73.4 Å². The van der Waals surface area contributed by atoms with Crippen LogP contribution in [0.25, 0.3) is 0 Å². The summed E-state index contributed by atoms with van der Waals surface area (Å²) in [6, 6.07) is 7.26. The molecule has 3 aliphatic carbocycles. The van der Waals surface area contributed by atoms with Crippen molar-refractivity contribution in [2.24, 2.45) is 16.7 Å². The molecule has 2 spiro atoms. The predicted molar refractivity (Wildman–Crippen MR) is 134 cm³/mol. The van der Waals surface area contributed by atoms with Crippen LogP contribution in [0.3, 0.4) is 0 Å². The van der Waals surface area contributed by atoms with Gasteiger partial charge in [-0.1, -0.05) is 12.1 Å². The van der Waals surface area contributed by atoms with Crippen LogP contribution in [-0.2, 0) is 12.0 Å². The lowest BCUT2D eigenvalue weighted by Gasteiger charge is -2.60. The highest BCUT2D eigenvalue weighted by atomic mass is 32.2. The van der Waals surface area contributed by atoms with Crippen molar-refractivity contribution in [3.8, 4) is 0 Å². The number of aromatic nitrogens is 3. The maximum atomic E-state index is 13.1. The Balaban J connectivity index is 0.861. The number of hydrogen-bond donors (Lipinski definition) is 1. The van der Waals surface area contributed by atoms with E-state index in [0.717, 1.165) is 83.1 Å². The minimum Gasteiger partial charge on any atom is -0.382 e. The fraction of sp³-hybridized carbons (Fsp3) is 0.667. The van der Waals surface area contributed by atoms with E-state index >= 15 is 0 Å². The minimum atomic E-state index is -4.27. The van der Waals surface area contributed by atoms with E-state index < -0.39 is 11.1 Å². The molecule has 11 heteroatoms. The van der Waals surface area contributed by atoms with Crippen molar-refractivity contribution in [1.82, 2.24) is 24.6 Å². The monoisotopic (exact) mass is 547 g/mol. The Labute approximate surface area is 223 Å². The van der Waals surface area contributed by atoms with Gasteiger partial charge in [0.2, 0.25) is 0 Å². The zero-order valence-electron chi connectivity index (χ0n) is 21.2. The van der Waals surface area contributed by atoms with Crippen molar-refractivity contribution in [2.75, 3.05) is 26.2 Å². The molecule has 38 heavy (non-hydrogen) atoms. The summed E-state index contributed by atoms with van der Waals surface area (Å²) in [5.74, 6) is 0.995. The lowest BCUT2D eigenvalue weighted by molar-refractivity contribution is -0.0849. The molecule has 3 saturated carbocycles. The maximum Gasteiger partial charge on any atom is 0.446 e. The Morgan fingerprint density at radius 3 is 2.45 bits per heavy atom. The summed E-state index contributed by atoms with van der Waals surface area (Å²) in [4.78, 5) is 21.6. The SMILES string of the molecule is O=C(N1CC2(CCC(Cc3cccc(SC(F)(F)F)c3)C2)C1)N1CC2(CC(n3cnc(C4(O)CC4)n3)C2)C1. The Morgan fingerprint density at radius 2 is 1.76 bits per heavy atom. The van der Waals surface area contributed by atoms with Crippen LogP contribution >= 0.6 is 11.8 Å². The van der Waals surface area contributed by atoms with Gasteiger partial charge in [0, 0.05) is 41.9 Å². The summed E-state index contributed by atoms with van der Waals surface area (Å²) in [6.45, 7) is 3.19. The Bertz CT molecular complexity index is 1240. The van der Waals surface area contributed by atoms with Crippen LogP contribution < -0.4 is 0 Å². The first-order valence-corrected chi connectivity index (χ1v) is 14.4. The molecule has 5 fully saturated rings. The van der Waals surface area contributed by atoms with E-state index in [9.17, 15) is 23.1 Å². The number of alkyl halides is 3. The van der Waals surface area contributed by atoms with Crippen LogP contribution in [0.4, 0.5) is 18.0 Å². The molecule has 0 bridgehead atoms. The van der Waals surface area contributed by atoms with E-state index in [0.29, 0.717) is 17.8 Å². The second-order valence-corrected chi connectivity index (χ2v) is 13.8. The van der Waals surface area contributed by atoms with Crippen LogP contribution in [0.1, 0.15) is 62.4 Å². The van der Waals surface area contributed by atoms with Crippen molar-refractivity contribution < 1.29 is 23.1 Å². The van der Waals surface area contributed by atoms with Crippen molar-refractivity contribution >= 4 is 17.8 Å². The number of rotatable bonds is 5. The quantitative estimate of drug-likeness (QED) is 0.535. The van der Waals surface area contributed by atoms with E-state index in [1.807, 2.05) is 20.5 Å². The molecule has 1 N–H and O–H groups in total. The summed E-state index contributed by atoms with van der Waals surface area (Å²) in [5.41, 5.74) is -3.73. The summed E-state index contributed by atoms with van der Waals surface area (Å²) >= 11 is -0.0545. The molecule has 2 amide bonds. The Morgan fingerprint density at radius 1 is 1.05 bits per heavy atom. The summed E-state index contributed by atoms with van der Waals surface area (Å²) in [7, 11) is 0. The number of urea groups is 1. The molecular weight excluding hydrogens is 515 g/mol. The number of aliphatic hydroxyl groups is 1. The molecule has 1 aromatic carbocycles. The molecule has 1 unspecified atom stereocenters. The van der Waals surface area contributed by atoms with Gasteiger partial charge in [0.1, 0.15) is 11.9 Å². The van der Waals surface area contributed by atoms with Gasteiger partial charge in [-0.2, -0.15) is 18.3 Å². The number of carbonyl (C=O) groups is 1. The Kier molecular flexibility index (Phi) is 5.45. The third kappa shape index (κ3) is 4.49. The minimum absolute atomic E-state index is 0.0545. The molecule has 1 aromatic heterocycles. The van der Waals surface area contributed by atoms with Crippen LogP contribution in [0, 0.1) is 16.7 Å². The standard InChI is InChI=1S/C27H32F3N5O2S/c28-27(29,30)38-21-3-1-2-18(9-21)8-19-4-5-24(10-19)13-33(14-24)23(36)34-15-25(16-34)11-20(12-25)35-17-31-22(32-35)26(37)6-7-26/h1-3,9,17,19-20,37H,4-8,10-16H2. The van der Waals surface area contributed by atoms with E-state index in [1.165, 1.54) is 6.07 Å². The van der Waals surface area contributed by atoms with Gasteiger partial charge < -0.3 is 14.9 Å². The number of thioether (sulfide) groups is 1. The fourth-order valence-corrected chi connectivity index (χ4v) is 8.00. The van der Waals surface area contributed by atoms with Crippen molar-refractivity contribution in [1.29, 1.82) is 0 Å². The topological polar surface area (TPSA) is 74.5 Å². The summed E-state index contributed by atoms with van der Waals surface area (Å²) in [6.07, 6.45) is 9.17. The fourth-order valence-electron chi connectivity index (χ4n) is 7.38. The third-order valence-electron chi connectivity index (χ3n) is 9.47. The normalized spacial score (nSPS) is 26.8. The lowest BCUT2D eigenvalue weighted by Crippen LogP contribution is -2.69. The van der Waals surface area contributed by atoms with Gasteiger partial charge in [0.15, 0.2) is 5.82 Å². The van der Waals surface area contributed by atoms with Gasteiger partial charge in [0.05, 0.1) is 6.04 Å². The number of hydrogen-bond acceptors (Lipinski definition) is 5. The number of nitrogens with zero attached hydrogens (tertiary/aromatic N) is 5. The number of halogens is 3. The molecule has 7 nitrogen and oxygen atoms in total. The highest BCUT2D eigenvalue weighted by molar-refractivity contribution is 8.00. The zero-order chi connectivity index (χ0) is 26.3. The lowest BCUT2D eigenvalue weighted by atomic mass is 9.60. The summed E-state index contributed by atoms with van der Waals surface area (Å²) in [5, 5.41) is 14.7. The van der Waals surface area contributed by atoms with Crippen molar-refractivity contribution in [3.63, 3.8) is 0 Å². The van der Waals surface area contributed by atoms with E-state index in [2.05, 4.69) is 10.1 Å². The number of amides is 2. The molecule has 5 aliphatic rings. The van der Waals surface area contributed by atoms with Gasteiger partial charge in [-0.05, 0) is 86.7 Å². The molecule has 204 valence electrons.